The third kappa shape index (κ3) is 4.35. The fourth-order valence-electron chi connectivity index (χ4n) is 2.36. The molecule has 1 aromatic heterocycles. The summed E-state index contributed by atoms with van der Waals surface area (Å²) in [5.74, 6) is 0.0159. The van der Waals surface area contributed by atoms with Crippen LogP contribution >= 0.6 is 23.2 Å². The van der Waals surface area contributed by atoms with Gasteiger partial charge in [-0.1, -0.05) is 23.2 Å². The Morgan fingerprint density at radius 1 is 1.33 bits per heavy atom. The molecular formula is C16H16Cl2N4O2. The Bertz CT molecular complexity index is 736. The first-order valence-electron chi connectivity index (χ1n) is 7.57. The number of hydrogen-bond acceptors (Lipinski definition) is 5. The minimum absolute atomic E-state index is 0.0845. The van der Waals surface area contributed by atoms with Crippen LogP contribution in [0.15, 0.2) is 30.5 Å². The monoisotopic (exact) mass is 366 g/mol. The number of carbonyl (C=O) groups is 1. The zero-order chi connectivity index (χ0) is 16.9. The molecule has 1 atom stereocenters. The lowest BCUT2D eigenvalue weighted by Crippen LogP contribution is -2.32. The predicted octanol–water partition coefficient (Wildman–Crippen LogP) is 3.44. The maximum atomic E-state index is 12.2. The lowest BCUT2D eigenvalue weighted by atomic mass is 10.2. The maximum absolute atomic E-state index is 12.2. The van der Waals surface area contributed by atoms with E-state index in [4.69, 9.17) is 27.9 Å². The molecule has 2 heterocycles. The number of nitrogens with one attached hydrogen (secondary N) is 2. The highest BCUT2D eigenvalue weighted by Crippen LogP contribution is 2.27. The Hall–Kier alpha value is -1.89. The Balaban J connectivity index is 1.65. The van der Waals surface area contributed by atoms with E-state index in [0.717, 1.165) is 19.4 Å². The summed E-state index contributed by atoms with van der Waals surface area (Å²) in [6.45, 7) is 1.23. The highest BCUT2D eigenvalue weighted by molar-refractivity contribution is 6.36. The van der Waals surface area contributed by atoms with E-state index in [1.54, 1.807) is 24.3 Å². The molecule has 1 amide bonds. The fraction of sp³-hybridized carbons (Fsp3) is 0.312. The largest absolute Gasteiger partial charge is 0.376 e. The van der Waals surface area contributed by atoms with Gasteiger partial charge in [-0.05, 0) is 37.1 Å². The molecule has 0 aliphatic carbocycles. The number of hydrogen-bond donors (Lipinski definition) is 2. The van der Waals surface area contributed by atoms with Gasteiger partial charge in [-0.3, -0.25) is 4.79 Å². The summed E-state index contributed by atoms with van der Waals surface area (Å²) in [4.78, 5) is 20.5. The van der Waals surface area contributed by atoms with Crippen LogP contribution in [-0.2, 0) is 4.74 Å². The van der Waals surface area contributed by atoms with Crippen LogP contribution in [0.1, 0.15) is 23.3 Å². The van der Waals surface area contributed by atoms with Crippen LogP contribution in [0.2, 0.25) is 10.0 Å². The van der Waals surface area contributed by atoms with Gasteiger partial charge in [0.25, 0.3) is 5.91 Å². The lowest BCUT2D eigenvalue weighted by Gasteiger charge is -2.11. The molecule has 24 heavy (non-hydrogen) atoms. The van der Waals surface area contributed by atoms with Crippen LogP contribution in [0.25, 0.3) is 0 Å². The minimum Gasteiger partial charge on any atom is -0.376 e. The Morgan fingerprint density at radius 3 is 2.96 bits per heavy atom. The van der Waals surface area contributed by atoms with Crippen molar-refractivity contribution in [2.24, 2.45) is 0 Å². The first-order valence-corrected chi connectivity index (χ1v) is 8.32. The third-order valence-corrected chi connectivity index (χ3v) is 4.13. The smallest absolute Gasteiger partial charge is 0.270 e. The highest BCUT2D eigenvalue weighted by atomic mass is 35.5. The standard InChI is InChI=1S/C16H16Cl2N4O2/c17-10-3-4-13(12(18)8-10)21-16-19-6-5-14(22-16)15(23)20-9-11-2-1-7-24-11/h3-6,8,11H,1-2,7,9H2,(H,20,23)(H,19,21,22). The second-order valence-electron chi connectivity index (χ2n) is 5.36. The summed E-state index contributed by atoms with van der Waals surface area (Å²) in [7, 11) is 0. The number of nitrogens with zero attached hydrogens (tertiary/aromatic N) is 2. The lowest BCUT2D eigenvalue weighted by molar-refractivity contribution is 0.0853. The van der Waals surface area contributed by atoms with Crippen molar-refractivity contribution in [3.63, 3.8) is 0 Å². The Kier molecular flexibility index (Phi) is 5.50. The first-order chi connectivity index (χ1) is 11.6. The molecule has 0 bridgehead atoms. The predicted molar refractivity (Wildman–Crippen MR) is 93.1 cm³/mol. The summed E-state index contributed by atoms with van der Waals surface area (Å²) in [6.07, 6.45) is 3.59. The van der Waals surface area contributed by atoms with E-state index in [9.17, 15) is 4.79 Å². The first kappa shape index (κ1) is 17.0. The molecule has 0 radical (unpaired) electrons. The highest BCUT2D eigenvalue weighted by Gasteiger charge is 2.17. The summed E-state index contributed by atoms with van der Waals surface area (Å²) in [5, 5.41) is 6.78. The molecule has 3 rings (SSSR count). The summed E-state index contributed by atoms with van der Waals surface area (Å²) in [6, 6.07) is 6.59. The molecule has 2 aromatic rings. The van der Waals surface area contributed by atoms with Crippen LogP contribution < -0.4 is 10.6 Å². The van der Waals surface area contributed by atoms with Gasteiger partial charge in [-0.25, -0.2) is 9.97 Å². The second-order valence-corrected chi connectivity index (χ2v) is 6.20. The van der Waals surface area contributed by atoms with Crippen LogP contribution in [-0.4, -0.2) is 35.1 Å². The SMILES string of the molecule is O=C(NCC1CCCO1)c1ccnc(Nc2ccc(Cl)cc2Cl)n1. The molecule has 126 valence electrons. The van der Waals surface area contributed by atoms with Gasteiger partial charge in [0.2, 0.25) is 5.95 Å². The molecule has 0 saturated carbocycles. The van der Waals surface area contributed by atoms with Crippen molar-refractivity contribution in [1.29, 1.82) is 0 Å². The molecule has 1 saturated heterocycles. The number of amides is 1. The van der Waals surface area contributed by atoms with Crippen molar-refractivity contribution in [3.8, 4) is 0 Å². The van der Waals surface area contributed by atoms with Crippen LogP contribution in [0, 0.1) is 0 Å². The van der Waals surface area contributed by atoms with Crippen molar-refractivity contribution < 1.29 is 9.53 Å². The topological polar surface area (TPSA) is 76.1 Å². The summed E-state index contributed by atoms with van der Waals surface area (Å²) < 4.78 is 5.48. The zero-order valence-corrected chi connectivity index (χ0v) is 14.3. The number of halogens is 2. The van der Waals surface area contributed by atoms with E-state index in [2.05, 4.69) is 20.6 Å². The molecule has 1 unspecified atom stereocenters. The molecule has 6 nitrogen and oxygen atoms in total. The van der Waals surface area contributed by atoms with E-state index in [0.29, 0.717) is 22.3 Å². The van der Waals surface area contributed by atoms with Crippen LogP contribution in [0.3, 0.4) is 0 Å². The summed E-state index contributed by atoms with van der Waals surface area (Å²) in [5.41, 5.74) is 0.883. The van der Waals surface area contributed by atoms with Gasteiger partial charge in [-0.15, -0.1) is 0 Å². The van der Waals surface area contributed by atoms with E-state index in [1.807, 2.05) is 0 Å². The third-order valence-electron chi connectivity index (χ3n) is 3.58. The van der Waals surface area contributed by atoms with E-state index >= 15 is 0 Å². The fourth-order valence-corrected chi connectivity index (χ4v) is 2.81. The molecule has 1 aromatic carbocycles. The second kappa shape index (κ2) is 7.79. The molecule has 8 heteroatoms. The summed E-state index contributed by atoms with van der Waals surface area (Å²) >= 11 is 12.0. The van der Waals surface area contributed by atoms with Gasteiger partial charge in [0.1, 0.15) is 5.69 Å². The van der Waals surface area contributed by atoms with Gasteiger partial charge in [0.15, 0.2) is 0 Å². The van der Waals surface area contributed by atoms with Crippen molar-refractivity contribution >= 4 is 40.7 Å². The average molecular weight is 367 g/mol. The number of ether oxygens (including phenoxy) is 1. The number of carbonyl (C=O) groups excluding carboxylic acids is 1. The zero-order valence-electron chi connectivity index (χ0n) is 12.8. The number of benzene rings is 1. The maximum Gasteiger partial charge on any atom is 0.270 e. The minimum atomic E-state index is -0.266. The van der Waals surface area contributed by atoms with Gasteiger partial charge in [0.05, 0.1) is 16.8 Å². The number of anilines is 2. The number of rotatable bonds is 5. The molecule has 0 spiro atoms. The average Bonchev–Trinajstić information content (AvgIpc) is 3.09. The van der Waals surface area contributed by atoms with Gasteiger partial charge < -0.3 is 15.4 Å². The molecule has 1 aliphatic heterocycles. The normalized spacial score (nSPS) is 16.8. The van der Waals surface area contributed by atoms with E-state index < -0.39 is 0 Å². The van der Waals surface area contributed by atoms with Crippen molar-refractivity contribution in [1.82, 2.24) is 15.3 Å². The van der Waals surface area contributed by atoms with Gasteiger partial charge in [0, 0.05) is 24.4 Å². The molecule has 1 fully saturated rings. The molecule has 2 N–H and O–H groups in total. The van der Waals surface area contributed by atoms with E-state index in [-0.39, 0.29) is 23.7 Å². The number of aromatic nitrogens is 2. The van der Waals surface area contributed by atoms with E-state index in [1.165, 1.54) is 6.20 Å². The van der Waals surface area contributed by atoms with Crippen molar-refractivity contribution in [3.05, 3.63) is 46.2 Å². The van der Waals surface area contributed by atoms with Gasteiger partial charge >= 0.3 is 0 Å². The van der Waals surface area contributed by atoms with Crippen LogP contribution in [0.4, 0.5) is 11.6 Å². The van der Waals surface area contributed by atoms with Gasteiger partial charge in [-0.2, -0.15) is 0 Å². The van der Waals surface area contributed by atoms with Crippen molar-refractivity contribution in [2.45, 2.75) is 18.9 Å². The Labute approximate surface area is 149 Å². The molecule has 1 aliphatic rings. The molecular weight excluding hydrogens is 351 g/mol. The van der Waals surface area contributed by atoms with Crippen LogP contribution in [0.5, 0.6) is 0 Å². The Morgan fingerprint density at radius 2 is 2.21 bits per heavy atom. The quantitative estimate of drug-likeness (QED) is 0.847. The van der Waals surface area contributed by atoms with Crippen molar-refractivity contribution in [2.75, 3.05) is 18.5 Å².